The van der Waals surface area contributed by atoms with Crippen LogP contribution in [-0.2, 0) is 11.2 Å². The van der Waals surface area contributed by atoms with Crippen LogP contribution in [0.3, 0.4) is 0 Å². The molecule has 0 atom stereocenters. The zero-order chi connectivity index (χ0) is 24.1. The number of nitrogens with zero attached hydrogens (tertiary/aromatic N) is 3. The van der Waals surface area contributed by atoms with Gasteiger partial charge in [0.2, 0.25) is 0 Å². The van der Waals surface area contributed by atoms with E-state index in [9.17, 15) is 9.59 Å². The van der Waals surface area contributed by atoms with Gasteiger partial charge >= 0.3 is 5.97 Å². The van der Waals surface area contributed by atoms with Crippen molar-refractivity contribution in [3.8, 4) is 11.5 Å². The van der Waals surface area contributed by atoms with Gasteiger partial charge in [0, 0.05) is 20.9 Å². The fourth-order valence-corrected chi connectivity index (χ4v) is 4.35. The predicted molar refractivity (Wildman–Crippen MR) is 137 cm³/mol. The Bertz CT molecular complexity index is 1290. The number of rotatable bonds is 9. The van der Waals surface area contributed by atoms with E-state index < -0.39 is 12.6 Å². The summed E-state index contributed by atoms with van der Waals surface area (Å²) in [6.07, 6.45) is 3.93. The number of aryl methyl sites for hydroxylation is 1. The Hall–Kier alpha value is -2.24. The molecule has 1 heterocycles. The molecule has 3 aromatic rings. The van der Waals surface area contributed by atoms with Crippen molar-refractivity contribution in [2.45, 2.75) is 26.2 Å². The third kappa shape index (κ3) is 5.82. The van der Waals surface area contributed by atoms with Crippen molar-refractivity contribution in [3.63, 3.8) is 0 Å². The van der Waals surface area contributed by atoms with Gasteiger partial charge in [0.25, 0.3) is 5.56 Å². The van der Waals surface area contributed by atoms with Gasteiger partial charge in [0.15, 0.2) is 18.1 Å². The van der Waals surface area contributed by atoms with E-state index in [0.29, 0.717) is 43.4 Å². The molecule has 0 aliphatic heterocycles. The van der Waals surface area contributed by atoms with Crippen molar-refractivity contribution >= 4 is 70.9 Å². The predicted octanol–water partition coefficient (Wildman–Crippen LogP) is 5.38. The van der Waals surface area contributed by atoms with Crippen LogP contribution in [0.1, 0.15) is 31.2 Å². The van der Waals surface area contributed by atoms with E-state index in [0.717, 1.165) is 17.3 Å². The van der Waals surface area contributed by atoms with E-state index in [1.165, 1.54) is 18.0 Å². The number of carboxylic acids is 1. The highest BCUT2D eigenvalue weighted by Gasteiger charge is 2.18. The molecule has 0 aliphatic carbocycles. The maximum absolute atomic E-state index is 13.2. The molecule has 174 valence electrons. The lowest BCUT2D eigenvalue weighted by molar-refractivity contribution is -0.139. The zero-order valence-corrected chi connectivity index (χ0v) is 22.5. The van der Waals surface area contributed by atoms with Crippen LogP contribution in [0, 0.1) is 0 Å². The minimum absolute atomic E-state index is 0.238. The van der Waals surface area contributed by atoms with E-state index in [-0.39, 0.29) is 11.3 Å². The summed E-state index contributed by atoms with van der Waals surface area (Å²) in [6, 6.07) is 7.02. The SMILES string of the molecule is CCCCc1nc2ccc(Br)cc2c(=O)n1N=Cc1cc(OC)c(OCC(=O)O)c(Br)c1Br. The first-order chi connectivity index (χ1) is 15.8. The molecule has 0 amide bonds. The first kappa shape index (κ1) is 25.4. The van der Waals surface area contributed by atoms with Crippen LogP contribution in [-0.4, -0.2) is 40.7 Å². The van der Waals surface area contributed by atoms with E-state index in [4.69, 9.17) is 14.6 Å². The molecule has 0 aliphatic rings. The number of hydrogen-bond donors (Lipinski definition) is 1. The van der Waals surface area contributed by atoms with Crippen molar-refractivity contribution in [1.82, 2.24) is 9.66 Å². The Kier molecular flexibility index (Phi) is 8.66. The summed E-state index contributed by atoms with van der Waals surface area (Å²) in [7, 11) is 1.45. The highest BCUT2D eigenvalue weighted by atomic mass is 79.9. The van der Waals surface area contributed by atoms with Crippen molar-refractivity contribution < 1.29 is 19.4 Å². The number of aliphatic carboxylic acids is 1. The van der Waals surface area contributed by atoms with Crippen LogP contribution in [0.25, 0.3) is 10.9 Å². The van der Waals surface area contributed by atoms with Gasteiger partial charge in [-0.2, -0.15) is 9.78 Å². The third-order valence-corrected chi connectivity index (χ3v) is 7.29. The number of methoxy groups -OCH3 is 1. The van der Waals surface area contributed by atoms with E-state index in [1.807, 2.05) is 6.07 Å². The number of carboxylic acid groups (broad SMARTS) is 1. The average molecular weight is 646 g/mol. The summed E-state index contributed by atoms with van der Waals surface area (Å²) in [4.78, 5) is 28.8. The number of unbranched alkanes of at least 4 members (excludes halogenated alkanes) is 1. The van der Waals surface area contributed by atoms with Crippen LogP contribution < -0.4 is 15.0 Å². The summed E-state index contributed by atoms with van der Waals surface area (Å²) >= 11 is 10.3. The number of ether oxygens (including phenoxy) is 2. The standard InChI is InChI=1S/C22H20Br3N3O5/c1-3-4-5-17-27-15-7-6-13(23)9-14(15)22(31)28(17)26-10-12-8-16(32-2)21(20(25)19(12)24)33-11-18(29)30/h6-10H,3-5,11H2,1-2H3,(H,29,30). The Morgan fingerprint density at radius 3 is 2.67 bits per heavy atom. The van der Waals surface area contributed by atoms with Crippen LogP contribution in [0.15, 0.2) is 47.6 Å². The quantitative estimate of drug-likeness (QED) is 0.314. The van der Waals surface area contributed by atoms with Gasteiger partial charge in [0.05, 0.1) is 28.7 Å². The fourth-order valence-electron chi connectivity index (χ4n) is 3.05. The topological polar surface area (TPSA) is 103 Å². The average Bonchev–Trinajstić information content (AvgIpc) is 2.79. The molecule has 0 saturated heterocycles. The smallest absolute Gasteiger partial charge is 0.341 e. The van der Waals surface area contributed by atoms with Crippen molar-refractivity contribution in [1.29, 1.82) is 0 Å². The number of aromatic nitrogens is 2. The van der Waals surface area contributed by atoms with Crippen LogP contribution in [0.4, 0.5) is 0 Å². The van der Waals surface area contributed by atoms with Crippen LogP contribution in [0.2, 0.25) is 0 Å². The molecule has 0 radical (unpaired) electrons. The molecular weight excluding hydrogens is 626 g/mol. The molecule has 0 unspecified atom stereocenters. The molecule has 0 fully saturated rings. The minimum atomic E-state index is -1.11. The monoisotopic (exact) mass is 643 g/mol. The number of halogens is 3. The van der Waals surface area contributed by atoms with Crippen molar-refractivity contribution in [2.24, 2.45) is 5.10 Å². The van der Waals surface area contributed by atoms with Gasteiger partial charge in [0.1, 0.15) is 5.82 Å². The second-order valence-electron chi connectivity index (χ2n) is 6.96. The molecule has 11 heteroatoms. The lowest BCUT2D eigenvalue weighted by atomic mass is 10.2. The number of benzene rings is 2. The largest absolute Gasteiger partial charge is 0.493 e. The lowest BCUT2D eigenvalue weighted by Crippen LogP contribution is -2.22. The van der Waals surface area contributed by atoms with E-state index in [1.54, 1.807) is 18.2 Å². The Balaban J connectivity index is 2.11. The summed E-state index contributed by atoms with van der Waals surface area (Å²) < 4.78 is 13.8. The molecule has 1 aromatic heterocycles. The second-order valence-corrected chi connectivity index (χ2v) is 9.46. The second kappa shape index (κ2) is 11.3. The molecule has 8 nitrogen and oxygen atoms in total. The molecule has 0 spiro atoms. The zero-order valence-electron chi connectivity index (χ0n) is 17.8. The molecule has 0 saturated carbocycles. The van der Waals surface area contributed by atoms with Gasteiger partial charge < -0.3 is 14.6 Å². The maximum Gasteiger partial charge on any atom is 0.341 e. The van der Waals surface area contributed by atoms with E-state index >= 15 is 0 Å². The Morgan fingerprint density at radius 1 is 1.24 bits per heavy atom. The number of fused-ring (bicyclic) bond motifs is 1. The van der Waals surface area contributed by atoms with Crippen LogP contribution >= 0.6 is 47.8 Å². The normalized spacial score (nSPS) is 11.3. The first-order valence-corrected chi connectivity index (χ1v) is 12.3. The fraction of sp³-hybridized carbons (Fsp3) is 0.273. The third-order valence-electron chi connectivity index (χ3n) is 4.66. The Morgan fingerprint density at radius 2 is 2.00 bits per heavy atom. The highest BCUT2D eigenvalue weighted by molar-refractivity contribution is 9.13. The van der Waals surface area contributed by atoms with E-state index in [2.05, 4.69) is 64.8 Å². The van der Waals surface area contributed by atoms with Crippen LogP contribution in [0.5, 0.6) is 11.5 Å². The minimum Gasteiger partial charge on any atom is -0.493 e. The van der Waals surface area contributed by atoms with Gasteiger partial charge in [-0.3, -0.25) is 4.79 Å². The molecule has 0 bridgehead atoms. The summed E-state index contributed by atoms with van der Waals surface area (Å²) in [5.41, 5.74) is 0.933. The molecule has 2 aromatic carbocycles. The van der Waals surface area contributed by atoms with Crippen molar-refractivity contribution in [2.75, 3.05) is 13.7 Å². The highest BCUT2D eigenvalue weighted by Crippen LogP contribution is 2.42. The van der Waals surface area contributed by atoms with Gasteiger partial charge in [-0.25, -0.2) is 9.78 Å². The van der Waals surface area contributed by atoms with Crippen molar-refractivity contribution in [3.05, 3.63) is 59.4 Å². The van der Waals surface area contributed by atoms with Gasteiger partial charge in [-0.15, -0.1) is 0 Å². The molecule has 1 N–H and O–H groups in total. The molecule has 3 rings (SSSR count). The lowest BCUT2D eigenvalue weighted by Gasteiger charge is -2.14. The molecular formula is C22H20Br3N3O5. The van der Waals surface area contributed by atoms with Gasteiger partial charge in [-0.1, -0.05) is 29.3 Å². The summed E-state index contributed by atoms with van der Waals surface area (Å²) in [5, 5.41) is 13.8. The maximum atomic E-state index is 13.2. The molecule has 33 heavy (non-hydrogen) atoms. The number of carbonyl (C=O) groups is 1. The summed E-state index contributed by atoms with van der Waals surface area (Å²) in [5.74, 6) is 0.00507. The Labute approximate surface area is 215 Å². The first-order valence-electron chi connectivity index (χ1n) is 9.92. The number of hydrogen-bond acceptors (Lipinski definition) is 6. The van der Waals surface area contributed by atoms with Gasteiger partial charge in [-0.05, 0) is 62.5 Å². The summed E-state index contributed by atoms with van der Waals surface area (Å²) in [6.45, 7) is 1.54.